The molecule has 0 aromatic carbocycles. The van der Waals surface area contributed by atoms with Crippen molar-refractivity contribution in [2.45, 2.75) is 107 Å². The third kappa shape index (κ3) is 3.81. The lowest BCUT2D eigenvalue weighted by molar-refractivity contribution is -0.213. The van der Waals surface area contributed by atoms with Gasteiger partial charge in [-0.1, -0.05) is 0 Å². The summed E-state index contributed by atoms with van der Waals surface area (Å²) in [7, 11) is 0. The second-order valence-corrected chi connectivity index (χ2v) is 10.2. The molecule has 2 N–H and O–H groups in total. The average Bonchev–Trinajstić information content (AvgIpc) is 3.46. The topological polar surface area (TPSA) is 118 Å². The highest BCUT2D eigenvalue weighted by Crippen LogP contribution is 2.43. The molecule has 0 aromatic heterocycles. The predicted octanol–water partition coefficient (Wildman–Crippen LogP) is -0.365. The molecule has 6 fully saturated rings. The summed E-state index contributed by atoms with van der Waals surface area (Å²) in [6.07, 6.45) is -3.10. The van der Waals surface area contributed by atoms with E-state index in [9.17, 15) is 0 Å². The zero-order chi connectivity index (χ0) is 22.3. The Morgan fingerprint density at radius 2 is 1.12 bits per heavy atom. The van der Waals surface area contributed by atoms with Gasteiger partial charge in [-0.2, -0.15) is 0 Å². The minimum atomic E-state index is -0.713. The molecule has 0 radical (unpaired) electrons. The maximum absolute atomic E-state index is 6.35. The fourth-order valence-electron chi connectivity index (χ4n) is 5.48. The lowest BCUT2D eigenvalue weighted by Gasteiger charge is -2.36. The molecule has 11 atom stereocenters. The van der Waals surface area contributed by atoms with E-state index in [1.54, 1.807) is 0 Å². The van der Waals surface area contributed by atoms with Gasteiger partial charge in [0.2, 0.25) is 0 Å². The first-order valence-electron chi connectivity index (χ1n) is 11.4. The van der Waals surface area contributed by atoms with Gasteiger partial charge in [0.1, 0.15) is 48.8 Å². The Bertz CT molecular complexity index is 663. The standard InChI is InChI=1S/C21H33NO10/c1-20(2)29-14-12(10-7-25-18(27-10)16(14)31-20)23-5-9(22)6-24-13-11-8-26-19(28-11)17-15(13)30-21(3,4)32-17/h9-19H,5-8,22H2,1-4H3/t9?,10?,11?,12?,13?,14-,15+,16+,17-,18-,19+. The molecule has 11 heteroatoms. The van der Waals surface area contributed by atoms with Crippen molar-refractivity contribution in [1.29, 1.82) is 0 Å². The fourth-order valence-corrected chi connectivity index (χ4v) is 5.48. The lowest BCUT2D eigenvalue weighted by atomic mass is 10.0. The van der Waals surface area contributed by atoms with Crippen LogP contribution in [0.1, 0.15) is 27.7 Å². The molecule has 4 bridgehead atoms. The van der Waals surface area contributed by atoms with Crippen LogP contribution in [0.5, 0.6) is 0 Å². The van der Waals surface area contributed by atoms with Crippen LogP contribution in [0.15, 0.2) is 0 Å². The van der Waals surface area contributed by atoms with Gasteiger partial charge in [0.05, 0.1) is 32.5 Å². The molecule has 6 aliphatic rings. The molecule has 0 amide bonds. The maximum Gasteiger partial charge on any atom is 0.187 e. The molecule has 6 heterocycles. The second kappa shape index (κ2) is 7.79. The maximum atomic E-state index is 6.35. The first-order chi connectivity index (χ1) is 15.2. The molecule has 0 spiro atoms. The van der Waals surface area contributed by atoms with E-state index in [4.69, 9.17) is 53.1 Å². The molecular formula is C21H33NO10. The van der Waals surface area contributed by atoms with Gasteiger partial charge in [0.25, 0.3) is 0 Å². The smallest absolute Gasteiger partial charge is 0.187 e. The Labute approximate surface area is 186 Å². The van der Waals surface area contributed by atoms with Gasteiger partial charge < -0.3 is 53.1 Å². The van der Waals surface area contributed by atoms with Crippen molar-refractivity contribution in [3.8, 4) is 0 Å². The number of nitrogens with two attached hydrogens (primary N) is 1. The summed E-state index contributed by atoms with van der Waals surface area (Å²) in [5.74, 6) is -1.43. The van der Waals surface area contributed by atoms with Crippen molar-refractivity contribution in [2.75, 3.05) is 26.4 Å². The third-order valence-corrected chi connectivity index (χ3v) is 6.72. The summed E-state index contributed by atoms with van der Waals surface area (Å²) < 4.78 is 59.8. The number of hydrogen-bond acceptors (Lipinski definition) is 11. The number of hydrogen-bond donors (Lipinski definition) is 1. The molecule has 0 aromatic rings. The van der Waals surface area contributed by atoms with Gasteiger partial charge in [0, 0.05) is 0 Å². The first-order valence-corrected chi connectivity index (χ1v) is 11.4. The molecule has 6 rings (SSSR count). The average molecular weight is 459 g/mol. The fraction of sp³-hybridized carbons (Fsp3) is 1.00. The van der Waals surface area contributed by atoms with Crippen molar-refractivity contribution < 1.29 is 47.4 Å². The van der Waals surface area contributed by atoms with E-state index in [1.165, 1.54) is 0 Å². The minimum absolute atomic E-state index is 0.210. The van der Waals surface area contributed by atoms with Gasteiger partial charge in [-0.25, -0.2) is 0 Å². The SMILES string of the molecule is CC1(C)O[C@@H]2[C@@H]3OCC(O3)C(OCC(N)COC3C4CO[C@@H](O4)[C@@H]4OC(C)(C)O[C@@H]34)[C@H]2O1. The Kier molecular flexibility index (Phi) is 5.37. The summed E-state index contributed by atoms with van der Waals surface area (Å²) in [6.45, 7) is 8.95. The van der Waals surface area contributed by atoms with Crippen LogP contribution in [0, 0.1) is 0 Å². The summed E-state index contributed by atoms with van der Waals surface area (Å²) in [4.78, 5) is 0. The Hall–Kier alpha value is -0.440. The molecular weight excluding hydrogens is 426 g/mol. The molecule has 0 aliphatic carbocycles. The van der Waals surface area contributed by atoms with Crippen molar-refractivity contribution in [2.24, 2.45) is 5.73 Å². The van der Waals surface area contributed by atoms with Gasteiger partial charge in [-0.05, 0) is 27.7 Å². The van der Waals surface area contributed by atoms with E-state index in [-0.39, 0.29) is 68.1 Å². The van der Waals surface area contributed by atoms with Crippen molar-refractivity contribution in [1.82, 2.24) is 0 Å². The van der Waals surface area contributed by atoms with Crippen LogP contribution in [0.25, 0.3) is 0 Å². The second-order valence-electron chi connectivity index (χ2n) is 10.2. The lowest BCUT2D eigenvalue weighted by Crippen LogP contribution is -2.55. The predicted molar refractivity (Wildman–Crippen MR) is 104 cm³/mol. The van der Waals surface area contributed by atoms with Crippen LogP contribution < -0.4 is 5.73 Å². The first kappa shape index (κ1) is 22.1. The van der Waals surface area contributed by atoms with Gasteiger partial charge in [-0.3, -0.25) is 0 Å². The molecule has 11 nitrogen and oxygen atoms in total. The number of ether oxygens (including phenoxy) is 10. The van der Waals surface area contributed by atoms with Crippen molar-refractivity contribution >= 4 is 0 Å². The van der Waals surface area contributed by atoms with E-state index >= 15 is 0 Å². The zero-order valence-electron chi connectivity index (χ0n) is 18.8. The summed E-state index contributed by atoms with van der Waals surface area (Å²) in [6, 6.07) is -0.363. The van der Waals surface area contributed by atoms with E-state index < -0.39 is 24.2 Å². The quantitative estimate of drug-likeness (QED) is 0.561. The molecule has 6 aliphatic heterocycles. The van der Waals surface area contributed by atoms with E-state index in [0.717, 1.165) is 0 Å². The van der Waals surface area contributed by atoms with Crippen LogP contribution in [0.4, 0.5) is 0 Å². The van der Waals surface area contributed by atoms with Gasteiger partial charge in [0.15, 0.2) is 24.2 Å². The summed E-state index contributed by atoms with van der Waals surface area (Å²) in [5.41, 5.74) is 6.35. The third-order valence-electron chi connectivity index (χ3n) is 6.72. The highest BCUT2D eigenvalue weighted by Gasteiger charge is 2.60. The monoisotopic (exact) mass is 459 g/mol. The van der Waals surface area contributed by atoms with Gasteiger partial charge in [-0.15, -0.1) is 0 Å². The molecule has 5 unspecified atom stereocenters. The van der Waals surface area contributed by atoms with Crippen LogP contribution in [-0.2, 0) is 47.4 Å². The van der Waals surface area contributed by atoms with Gasteiger partial charge >= 0.3 is 0 Å². The van der Waals surface area contributed by atoms with Crippen LogP contribution in [0.3, 0.4) is 0 Å². The largest absolute Gasteiger partial charge is 0.371 e. The Morgan fingerprint density at radius 1 is 0.719 bits per heavy atom. The van der Waals surface area contributed by atoms with Crippen molar-refractivity contribution in [3.63, 3.8) is 0 Å². The summed E-state index contributed by atoms with van der Waals surface area (Å²) >= 11 is 0. The molecule has 0 saturated carbocycles. The Balaban J connectivity index is 1.05. The Morgan fingerprint density at radius 3 is 1.56 bits per heavy atom. The molecule has 32 heavy (non-hydrogen) atoms. The normalized spacial score (nSPS) is 50.9. The minimum Gasteiger partial charge on any atom is -0.371 e. The van der Waals surface area contributed by atoms with Crippen LogP contribution >= 0.6 is 0 Å². The van der Waals surface area contributed by atoms with E-state index in [2.05, 4.69) is 0 Å². The van der Waals surface area contributed by atoms with Crippen LogP contribution in [0.2, 0.25) is 0 Å². The highest BCUT2D eigenvalue weighted by molar-refractivity contribution is 5.01. The zero-order valence-corrected chi connectivity index (χ0v) is 18.8. The van der Waals surface area contributed by atoms with Crippen molar-refractivity contribution in [3.05, 3.63) is 0 Å². The highest BCUT2D eigenvalue weighted by atomic mass is 16.8. The van der Waals surface area contributed by atoms with E-state index in [0.29, 0.717) is 13.2 Å². The molecule has 182 valence electrons. The summed E-state index contributed by atoms with van der Waals surface area (Å²) in [5, 5.41) is 0. The van der Waals surface area contributed by atoms with Crippen LogP contribution in [-0.4, -0.2) is 105 Å². The number of rotatable bonds is 6. The number of fused-ring (bicyclic) bond motifs is 8. The van der Waals surface area contributed by atoms with E-state index in [1.807, 2.05) is 27.7 Å². The molecule has 6 saturated heterocycles.